The minimum atomic E-state index is 0.487. The summed E-state index contributed by atoms with van der Waals surface area (Å²) in [6.45, 7) is 4.13. The predicted octanol–water partition coefficient (Wildman–Crippen LogP) is 5.00. The van der Waals surface area contributed by atoms with Crippen molar-refractivity contribution in [3.8, 4) is 17.0 Å². The molecule has 1 aliphatic rings. The molecule has 148 valence electrons. The molecule has 5 heteroatoms. The summed E-state index contributed by atoms with van der Waals surface area (Å²) in [7, 11) is 0. The average Bonchev–Trinajstić information content (AvgIpc) is 2.93. The first-order chi connectivity index (χ1) is 13.7. The number of nitrogens with zero attached hydrogens (tertiary/aromatic N) is 1. The molecule has 2 aromatic carbocycles. The van der Waals surface area contributed by atoms with Gasteiger partial charge < -0.3 is 25.5 Å². The van der Waals surface area contributed by atoms with Gasteiger partial charge in [0.15, 0.2) is 0 Å². The van der Waals surface area contributed by atoms with Gasteiger partial charge in [-0.2, -0.15) is 0 Å². The van der Waals surface area contributed by atoms with E-state index in [0.717, 1.165) is 58.9 Å². The number of rotatable bonds is 8. The second-order valence-electron chi connectivity index (χ2n) is 7.42. The number of fused-ring (bicyclic) bond motifs is 1. The van der Waals surface area contributed by atoms with E-state index in [4.69, 9.17) is 20.9 Å². The van der Waals surface area contributed by atoms with Crippen LogP contribution in [0.2, 0.25) is 0 Å². The molecule has 0 atom stereocenters. The third-order valence-electron chi connectivity index (χ3n) is 5.54. The number of anilines is 2. The number of aromatic nitrogens is 1. The maximum atomic E-state index is 6.62. The summed E-state index contributed by atoms with van der Waals surface area (Å²) in [5.41, 5.74) is 17.4. The predicted molar refractivity (Wildman–Crippen MR) is 116 cm³/mol. The molecule has 1 fully saturated rings. The second-order valence-corrected chi connectivity index (χ2v) is 7.42. The Bertz CT molecular complexity index is 943. The van der Waals surface area contributed by atoms with Crippen molar-refractivity contribution in [3.63, 3.8) is 0 Å². The molecular formula is C23H29N3O2. The fraction of sp³-hybridized carbons (Fsp3) is 0.391. The van der Waals surface area contributed by atoms with E-state index in [9.17, 15) is 0 Å². The van der Waals surface area contributed by atoms with E-state index in [1.807, 2.05) is 25.1 Å². The normalized spacial score (nSPS) is 14.3. The Labute approximate surface area is 166 Å². The van der Waals surface area contributed by atoms with E-state index in [1.165, 1.54) is 19.3 Å². The van der Waals surface area contributed by atoms with Crippen LogP contribution < -0.4 is 16.2 Å². The summed E-state index contributed by atoms with van der Waals surface area (Å²) in [4.78, 5) is 0. The molecule has 0 aliphatic heterocycles. The van der Waals surface area contributed by atoms with Gasteiger partial charge in [0.25, 0.3) is 0 Å². The van der Waals surface area contributed by atoms with Crippen LogP contribution in [0.1, 0.15) is 38.6 Å². The monoisotopic (exact) mass is 379 g/mol. The van der Waals surface area contributed by atoms with E-state index in [0.29, 0.717) is 12.6 Å². The first-order valence-electron chi connectivity index (χ1n) is 10.2. The van der Waals surface area contributed by atoms with Crippen molar-refractivity contribution in [2.75, 3.05) is 31.3 Å². The minimum absolute atomic E-state index is 0.487. The lowest BCUT2D eigenvalue weighted by Gasteiger charge is -2.30. The number of benzene rings is 2. The number of hydrogen-bond donors (Lipinski definition) is 2. The van der Waals surface area contributed by atoms with Crippen LogP contribution in [0, 0.1) is 0 Å². The van der Waals surface area contributed by atoms with Crippen LogP contribution in [0.4, 0.5) is 11.4 Å². The highest BCUT2D eigenvalue weighted by molar-refractivity contribution is 6.01. The van der Waals surface area contributed by atoms with Crippen molar-refractivity contribution in [1.29, 1.82) is 0 Å². The lowest BCUT2D eigenvalue weighted by atomic mass is 9.92. The minimum Gasteiger partial charge on any atom is -0.493 e. The quantitative estimate of drug-likeness (QED) is 0.426. The molecule has 28 heavy (non-hydrogen) atoms. The van der Waals surface area contributed by atoms with Gasteiger partial charge in [-0.15, -0.1) is 0 Å². The molecular weight excluding hydrogens is 350 g/mol. The molecule has 3 aromatic rings. The van der Waals surface area contributed by atoms with Crippen LogP contribution in [-0.4, -0.2) is 24.4 Å². The summed E-state index contributed by atoms with van der Waals surface area (Å²) >= 11 is 0. The van der Waals surface area contributed by atoms with Gasteiger partial charge in [-0.3, -0.25) is 0 Å². The van der Waals surface area contributed by atoms with Gasteiger partial charge in [0, 0.05) is 48.4 Å². The molecule has 5 nitrogen and oxygen atoms in total. The fourth-order valence-corrected chi connectivity index (χ4v) is 3.86. The van der Waals surface area contributed by atoms with Gasteiger partial charge in [-0.25, -0.2) is 0 Å². The van der Waals surface area contributed by atoms with Gasteiger partial charge in [0.1, 0.15) is 5.75 Å². The second kappa shape index (κ2) is 8.15. The summed E-state index contributed by atoms with van der Waals surface area (Å²) in [6.07, 6.45) is 4.52. The van der Waals surface area contributed by atoms with Crippen molar-refractivity contribution in [2.24, 2.45) is 0 Å². The lowest BCUT2D eigenvalue weighted by molar-refractivity contribution is 0.131. The Morgan fingerprint density at radius 2 is 1.82 bits per heavy atom. The van der Waals surface area contributed by atoms with Crippen LogP contribution in [-0.2, 0) is 4.74 Å². The van der Waals surface area contributed by atoms with Gasteiger partial charge in [-0.1, -0.05) is 12.1 Å². The van der Waals surface area contributed by atoms with Crippen LogP contribution in [0.3, 0.4) is 0 Å². The van der Waals surface area contributed by atoms with Crippen molar-refractivity contribution in [2.45, 2.75) is 38.6 Å². The Hall–Kier alpha value is -2.66. The molecule has 1 aliphatic carbocycles. The lowest BCUT2D eigenvalue weighted by Crippen LogP contribution is -2.18. The SMILES string of the molecule is CCOCCCOc1ccc2c(N)c(-c3ccc(N)cc3)n(C3CCC3)c2c1. The summed E-state index contributed by atoms with van der Waals surface area (Å²) < 4.78 is 13.8. The maximum absolute atomic E-state index is 6.62. The fourth-order valence-electron chi connectivity index (χ4n) is 3.86. The highest BCUT2D eigenvalue weighted by atomic mass is 16.5. The third kappa shape index (κ3) is 3.54. The summed E-state index contributed by atoms with van der Waals surface area (Å²) in [5.74, 6) is 0.880. The van der Waals surface area contributed by atoms with E-state index in [1.54, 1.807) is 0 Å². The first-order valence-corrected chi connectivity index (χ1v) is 10.2. The molecule has 0 amide bonds. The molecule has 0 unspecified atom stereocenters. The van der Waals surface area contributed by atoms with E-state index in [-0.39, 0.29) is 0 Å². The summed E-state index contributed by atoms with van der Waals surface area (Å²) in [5, 5.41) is 1.08. The van der Waals surface area contributed by atoms with Crippen LogP contribution >= 0.6 is 0 Å². The van der Waals surface area contributed by atoms with Gasteiger partial charge >= 0.3 is 0 Å². The smallest absolute Gasteiger partial charge is 0.121 e. The number of nitrogens with two attached hydrogens (primary N) is 2. The molecule has 0 bridgehead atoms. The molecule has 0 saturated heterocycles. The maximum Gasteiger partial charge on any atom is 0.121 e. The van der Waals surface area contributed by atoms with Crippen LogP contribution in [0.15, 0.2) is 42.5 Å². The first kappa shape index (κ1) is 18.7. The zero-order valence-corrected chi connectivity index (χ0v) is 16.5. The molecule has 0 spiro atoms. The van der Waals surface area contributed by atoms with Crippen molar-refractivity contribution < 1.29 is 9.47 Å². The summed E-state index contributed by atoms with van der Waals surface area (Å²) in [6, 6.07) is 14.7. The molecule has 0 radical (unpaired) electrons. The molecule has 4 rings (SSSR count). The molecule has 1 heterocycles. The van der Waals surface area contributed by atoms with Gasteiger partial charge in [-0.05, 0) is 50.5 Å². The van der Waals surface area contributed by atoms with Crippen molar-refractivity contribution in [3.05, 3.63) is 42.5 Å². The largest absolute Gasteiger partial charge is 0.493 e. The van der Waals surface area contributed by atoms with Crippen molar-refractivity contribution in [1.82, 2.24) is 4.57 Å². The topological polar surface area (TPSA) is 75.4 Å². The van der Waals surface area contributed by atoms with Gasteiger partial charge in [0.2, 0.25) is 0 Å². The molecule has 4 N–H and O–H groups in total. The standard InChI is InChI=1S/C23H29N3O2/c1-2-27-13-4-14-28-19-11-12-20-21(15-19)26(18-5-3-6-18)23(22(20)25)16-7-9-17(24)10-8-16/h7-12,15,18H,2-6,13-14,24-25H2,1H3. The van der Waals surface area contributed by atoms with Crippen LogP contribution in [0.5, 0.6) is 5.75 Å². The Morgan fingerprint density at radius 1 is 1.04 bits per heavy atom. The zero-order valence-electron chi connectivity index (χ0n) is 16.5. The molecule has 1 aromatic heterocycles. The Kier molecular flexibility index (Phi) is 5.44. The zero-order chi connectivity index (χ0) is 19.5. The third-order valence-corrected chi connectivity index (χ3v) is 5.54. The Balaban J connectivity index is 1.70. The van der Waals surface area contributed by atoms with E-state index >= 15 is 0 Å². The highest BCUT2D eigenvalue weighted by Gasteiger charge is 2.27. The highest BCUT2D eigenvalue weighted by Crippen LogP contribution is 2.44. The number of nitrogen functional groups attached to an aromatic ring is 2. The number of ether oxygens (including phenoxy) is 2. The van der Waals surface area contributed by atoms with Crippen LogP contribution in [0.25, 0.3) is 22.2 Å². The Morgan fingerprint density at radius 3 is 2.50 bits per heavy atom. The van der Waals surface area contributed by atoms with E-state index in [2.05, 4.69) is 28.8 Å². The number of hydrogen-bond acceptors (Lipinski definition) is 4. The van der Waals surface area contributed by atoms with Gasteiger partial charge in [0.05, 0.1) is 23.5 Å². The van der Waals surface area contributed by atoms with E-state index < -0.39 is 0 Å². The average molecular weight is 380 g/mol. The van der Waals surface area contributed by atoms with Crippen molar-refractivity contribution >= 4 is 22.3 Å². The molecule has 1 saturated carbocycles.